The van der Waals surface area contributed by atoms with Gasteiger partial charge in [-0.1, -0.05) is 6.07 Å². The number of halogens is 1. The van der Waals surface area contributed by atoms with Gasteiger partial charge in [0.05, 0.1) is 6.20 Å². The number of carbonyl (C=O) groups excluding carboxylic acids is 1. The Kier molecular flexibility index (Phi) is 4.42. The van der Waals surface area contributed by atoms with E-state index in [0.717, 1.165) is 18.7 Å². The number of benzene rings is 1. The number of amides is 1. The number of nitrogens with zero attached hydrogens (tertiary/aromatic N) is 2. The van der Waals surface area contributed by atoms with Crippen LogP contribution in [-0.4, -0.2) is 15.7 Å². The zero-order valence-corrected chi connectivity index (χ0v) is 12.0. The third-order valence-corrected chi connectivity index (χ3v) is 3.31. The second-order valence-corrected chi connectivity index (χ2v) is 4.79. The first kappa shape index (κ1) is 14.6. The van der Waals surface area contributed by atoms with E-state index >= 15 is 0 Å². The number of aromatic nitrogens is 2. The Hall–Kier alpha value is -1.85. The van der Waals surface area contributed by atoms with Crippen LogP contribution in [0.2, 0.25) is 0 Å². The summed E-state index contributed by atoms with van der Waals surface area (Å²) in [5.41, 5.74) is 4.21. The smallest absolute Gasteiger partial charge is 0.251 e. The predicted molar refractivity (Wildman–Crippen MR) is 78.6 cm³/mol. The third kappa shape index (κ3) is 3.00. The fourth-order valence-electron chi connectivity index (χ4n) is 2.28. The molecular formula is C14H17ClN4O. The van der Waals surface area contributed by atoms with Crippen molar-refractivity contribution in [3.8, 4) is 0 Å². The summed E-state index contributed by atoms with van der Waals surface area (Å²) >= 11 is 0. The first-order valence-electron chi connectivity index (χ1n) is 6.30. The molecule has 2 N–H and O–H groups in total. The molecule has 0 bridgehead atoms. The van der Waals surface area contributed by atoms with Crippen LogP contribution in [0.25, 0.3) is 0 Å². The fourth-order valence-corrected chi connectivity index (χ4v) is 2.28. The van der Waals surface area contributed by atoms with Gasteiger partial charge in [-0.3, -0.25) is 9.48 Å². The van der Waals surface area contributed by atoms with Crippen LogP contribution in [0.5, 0.6) is 0 Å². The molecule has 0 saturated carbocycles. The van der Waals surface area contributed by atoms with Gasteiger partial charge in [0.2, 0.25) is 0 Å². The third-order valence-electron chi connectivity index (χ3n) is 3.31. The number of carbonyl (C=O) groups is 1. The molecule has 0 radical (unpaired) electrons. The van der Waals surface area contributed by atoms with E-state index in [2.05, 4.69) is 15.7 Å². The molecule has 1 aliphatic heterocycles. The van der Waals surface area contributed by atoms with Crippen LogP contribution in [0.15, 0.2) is 30.6 Å². The van der Waals surface area contributed by atoms with Crippen LogP contribution in [0.4, 0.5) is 0 Å². The van der Waals surface area contributed by atoms with Crippen LogP contribution in [0.1, 0.15) is 27.0 Å². The maximum Gasteiger partial charge on any atom is 0.251 e. The summed E-state index contributed by atoms with van der Waals surface area (Å²) in [7, 11) is 1.86. The van der Waals surface area contributed by atoms with Crippen molar-refractivity contribution < 1.29 is 4.79 Å². The van der Waals surface area contributed by atoms with Crippen molar-refractivity contribution in [2.75, 3.05) is 0 Å². The van der Waals surface area contributed by atoms with Crippen LogP contribution in [-0.2, 0) is 26.7 Å². The molecule has 106 valence electrons. The standard InChI is InChI=1S/C14H16N4O.ClH/c1-18-9-10(6-17-18)5-16-14(19)11-2-3-12-7-15-8-13(12)4-11;/h2-4,6,9,15H,5,7-8H2,1H3,(H,16,19);1H. The highest BCUT2D eigenvalue weighted by Crippen LogP contribution is 2.17. The van der Waals surface area contributed by atoms with Crippen LogP contribution in [0, 0.1) is 0 Å². The van der Waals surface area contributed by atoms with E-state index in [1.807, 2.05) is 31.4 Å². The molecule has 0 unspecified atom stereocenters. The van der Waals surface area contributed by atoms with Gasteiger partial charge in [0.15, 0.2) is 0 Å². The van der Waals surface area contributed by atoms with E-state index in [4.69, 9.17) is 0 Å². The summed E-state index contributed by atoms with van der Waals surface area (Å²) in [6.45, 7) is 2.24. The fraction of sp³-hybridized carbons (Fsp3) is 0.286. The lowest BCUT2D eigenvalue weighted by atomic mass is 10.1. The predicted octanol–water partition coefficient (Wildman–Crippen LogP) is 1.38. The van der Waals surface area contributed by atoms with E-state index in [1.165, 1.54) is 11.1 Å². The summed E-state index contributed by atoms with van der Waals surface area (Å²) in [6, 6.07) is 5.87. The molecule has 5 nitrogen and oxygen atoms in total. The van der Waals surface area contributed by atoms with Gasteiger partial charge in [-0.05, 0) is 23.3 Å². The lowest BCUT2D eigenvalue weighted by Crippen LogP contribution is -2.22. The minimum absolute atomic E-state index is 0. The lowest BCUT2D eigenvalue weighted by Gasteiger charge is -2.05. The summed E-state index contributed by atoms with van der Waals surface area (Å²) in [4.78, 5) is 12.1. The van der Waals surface area contributed by atoms with E-state index < -0.39 is 0 Å². The van der Waals surface area contributed by atoms with Crippen LogP contribution < -0.4 is 10.6 Å². The van der Waals surface area contributed by atoms with Crippen LogP contribution >= 0.6 is 12.4 Å². The van der Waals surface area contributed by atoms with Crippen molar-refractivity contribution >= 4 is 18.3 Å². The van der Waals surface area contributed by atoms with Gasteiger partial charge in [0.25, 0.3) is 5.91 Å². The molecule has 0 spiro atoms. The normalized spacial score (nSPS) is 12.7. The number of fused-ring (bicyclic) bond motifs is 1. The molecular weight excluding hydrogens is 276 g/mol. The Morgan fingerprint density at radius 3 is 2.95 bits per heavy atom. The van der Waals surface area contributed by atoms with Crippen molar-refractivity contribution in [1.29, 1.82) is 0 Å². The maximum atomic E-state index is 12.1. The molecule has 3 rings (SSSR count). The zero-order chi connectivity index (χ0) is 13.2. The van der Waals surface area contributed by atoms with E-state index in [0.29, 0.717) is 12.1 Å². The monoisotopic (exact) mass is 292 g/mol. The number of aryl methyl sites for hydroxylation is 1. The first-order chi connectivity index (χ1) is 9.22. The van der Waals surface area contributed by atoms with Crippen molar-refractivity contribution in [3.05, 3.63) is 52.8 Å². The van der Waals surface area contributed by atoms with Gasteiger partial charge in [0, 0.05) is 44.0 Å². The molecule has 1 aromatic carbocycles. The van der Waals surface area contributed by atoms with Gasteiger partial charge < -0.3 is 10.6 Å². The average Bonchev–Trinajstić information content (AvgIpc) is 3.03. The van der Waals surface area contributed by atoms with Gasteiger partial charge in [-0.15, -0.1) is 12.4 Å². The molecule has 1 amide bonds. The molecule has 0 saturated heterocycles. The topological polar surface area (TPSA) is 59.0 Å². The first-order valence-corrected chi connectivity index (χ1v) is 6.30. The molecule has 0 fully saturated rings. The Bertz CT molecular complexity index is 623. The summed E-state index contributed by atoms with van der Waals surface area (Å²) in [6.07, 6.45) is 3.65. The van der Waals surface area contributed by atoms with Crippen LogP contribution in [0.3, 0.4) is 0 Å². The number of rotatable bonds is 3. The Balaban J connectivity index is 0.00000147. The average molecular weight is 293 g/mol. The molecule has 0 aliphatic carbocycles. The van der Waals surface area contributed by atoms with E-state index in [9.17, 15) is 4.79 Å². The zero-order valence-electron chi connectivity index (χ0n) is 11.2. The van der Waals surface area contributed by atoms with Crippen molar-refractivity contribution in [3.63, 3.8) is 0 Å². The highest BCUT2D eigenvalue weighted by molar-refractivity contribution is 5.94. The molecule has 0 atom stereocenters. The lowest BCUT2D eigenvalue weighted by molar-refractivity contribution is 0.0951. The van der Waals surface area contributed by atoms with Gasteiger partial charge in [0.1, 0.15) is 0 Å². The second kappa shape index (κ2) is 6.07. The minimum atomic E-state index is -0.0430. The quantitative estimate of drug-likeness (QED) is 0.898. The van der Waals surface area contributed by atoms with Gasteiger partial charge in [-0.2, -0.15) is 5.10 Å². The SMILES string of the molecule is Cl.Cn1cc(CNC(=O)c2ccc3c(c2)CNC3)cn1. The Labute approximate surface area is 123 Å². The number of hydrogen-bond acceptors (Lipinski definition) is 3. The second-order valence-electron chi connectivity index (χ2n) is 4.79. The summed E-state index contributed by atoms with van der Waals surface area (Å²) in [5.74, 6) is -0.0430. The van der Waals surface area contributed by atoms with Crippen molar-refractivity contribution in [2.24, 2.45) is 7.05 Å². The number of nitrogens with one attached hydrogen (secondary N) is 2. The van der Waals surface area contributed by atoms with Crippen molar-refractivity contribution in [2.45, 2.75) is 19.6 Å². The van der Waals surface area contributed by atoms with E-state index in [1.54, 1.807) is 10.9 Å². The molecule has 1 aromatic heterocycles. The summed E-state index contributed by atoms with van der Waals surface area (Å²) < 4.78 is 1.72. The Morgan fingerprint density at radius 2 is 2.20 bits per heavy atom. The highest BCUT2D eigenvalue weighted by Gasteiger charge is 2.13. The molecule has 6 heteroatoms. The molecule has 20 heavy (non-hydrogen) atoms. The van der Waals surface area contributed by atoms with Gasteiger partial charge >= 0.3 is 0 Å². The van der Waals surface area contributed by atoms with Crippen molar-refractivity contribution in [1.82, 2.24) is 20.4 Å². The minimum Gasteiger partial charge on any atom is -0.348 e. The number of hydrogen-bond donors (Lipinski definition) is 2. The summed E-state index contributed by atoms with van der Waals surface area (Å²) in [5, 5.41) is 10.3. The highest BCUT2D eigenvalue weighted by atomic mass is 35.5. The van der Waals surface area contributed by atoms with Gasteiger partial charge in [-0.25, -0.2) is 0 Å². The molecule has 2 heterocycles. The largest absolute Gasteiger partial charge is 0.348 e. The molecule has 2 aromatic rings. The maximum absolute atomic E-state index is 12.1. The molecule has 1 aliphatic rings. The van der Waals surface area contributed by atoms with E-state index in [-0.39, 0.29) is 18.3 Å². The Morgan fingerprint density at radius 1 is 1.40 bits per heavy atom.